The van der Waals surface area contributed by atoms with Gasteiger partial charge in [-0.15, -0.1) is 11.3 Å². The van der Waals surface area contributed by atoms with E-state index < -0.39 is 10.0 Å². The van der Waals surface area contributed by atoms with Gasteiger partial charge in [-0.1, -0.05) is 0 Å². The third-order valence-corrected chi connectivity index (χ3v) is 5.73. The van der Waals surface area contributed by atoms with Crippen LogP contribution in [0.5, 0.6) is 0 Å². The lowest BCUT2D eigenvalue weighted by molar-refractivity contribution is 0.568. The Kier molecular flexibility index (Phi) is 4.14. The van der Waals surface area contributed by atoms with Crippen LogP contribution in [0.1, 0.15) is 4.88 Å². The molecule has 0 aliphatic rings. The first-order valence-corrected chi connectivity index (χ1v) is 8.94. The van der Waals surface area contributed by atoms with Crippen molar-refractivity contribution in [2.45, 2.75) is 11.3 Å². The van der Waals surface area contributed by atoms with Crippen LogP contribution in [0.4, 0.5) is 0 Å². The van der Waals surface area contributed by atoms with E-state index in [0.717, 1.165) is 15.3 Å². The van der Waals surface area contributed by atoms with E-state index in [1.807, 2.05) is 18.2 Å². The lowest BCUT2D eigenvalue weighted by atomic mass is 10.3. The summed E-state index contributed by atoms with van der Waals surface area (Å²) in [5, 5.41) is 3.87. The van der Waals surface area contributed by atoms with Crippen molar-refractivity contribution >= 4 is 21.4 Å². The van der Waals surface area contributed by atoms with Crippen LogP contribution in [0.2, 0.25) is 0 Å². The van der Waals surface area contributed by atoms with E-state index in [9.17, 15) is 8.42 Å². The van der Waals surface area contributed by atoms with Crippen LogP contribution in [0.15, 0.2) is 52.4 Å². The molecule has 1 N–H and O–H groups in total. The maximum atomic E-state index is 12.1. The minimum Gasteiger partial charge on any atom is -0.472 e. The SMILES string of the molecule is Cn1cc(S(=O)(=O)NCCc2ccc(-c3ccoc3)s2)cn1. The van der Waals surface area contributed by atoms with Crippen LogP contribution in [0, 0.1) is 0 Å². The molecule has 3 aromatic rings. The van der Waals surface area contributed by atoms with Gasteiger partial charge in [-0.3, -0.25) is 4.68 Å². The summed E-state index contributed by atoms with van der Waals surface area (Å²) >= 11 is 1.63. The molecule has 116 valence electrons. The molecular formula is C14H15N3O3S2. The molecule has 0 fully saturated rings. The van der Waals surface area contributed by atoms with Crippen LogP contribution in [0.3, 0.4) is 0 Å². The van der Waals surface area contributed by atoms with Crippen LogP contribution in [0.25, 0.3) is 10.4 Å². The molecule has 3 rings (SSSR count). The molecule has 0 aliphatic heterocycles. The standard InChI is InChI=1S/C14H15N3O3S2/c1-17-9-13(8-15-17)22(18,19)16-6-4-12-2-3-14(21-12)11-5-7-20-10-11/h2-3,5,7-10,16H,4,6H2,1H3. The summed E-state index contributed by atoms with van der Waals surface area (Å²) in [6, 6.07) is 5.92. The third kappa shape index (κ3) is 3.29. The lowest BCUT2D eigenvalue weighted by Gasteiger charge is -2.03. The second kappa shape index (κ2) is 6.07. The number of rotatable bonds is 6. The van der Waals surface area contributed by atoms with Crippen molar-refractivity contribution in [1.29, 1.82) is 0 Å². The number of hydrogen-bond acceptors (Lipinski definition) is 5. The Labute approximate surface area is 132 Å². The Hall–Kier alpha value is -1.90. The summed E-state index contributed by atoms with van der Waals surface area (Å²) in [6.45, 7) is 0.350. The smallest absolute Gasteiger partial charge is 0.243 e. The van der Waals surface area contributed by atoms with Gasteiger partial charge in [0.15, 0.2) is 0 Å². The quantitative estimate of drug-likeness (QED) is 0.748. The van der Waals surface area contributed by atoms with Gasteiger partial charge in [0.2, 0.25) is 10.0 Å². The molecule has 0 unspecified atom stereocenters. The van der Waals surface area contributed by atoms with E-state index >= 15 is 0 Å². The van der Waals surface area contributed by atoms with Gasteiger partial charge in [0.25, 0.3) is 0 Å². The van der Waals surface area contributed by atoms with Crippen molar-refractivity contribution in [3.63, 3.8) is 0 Å². The summed E-state index contributed by atoms with van der Waals surface area (Å²) in [6.07, 6.45) is 6.79. The highest BCUT2D eigenvalue weighted by atomic mass is 32.2. The van der Waals surface area contributed by atoms with Crippen molar-refractivity contribution in [3.8, 4) is 10.4 Å². The molecule has 0 saturated heterocycles. The number of furan rings is 1. The van der Waals surface area contributed by atoms with E-state index in [1.54, 1.807) is 30.9 Å². The summed E-state index contributed by atoms with van der Waals surface area (Å²) in [5.41, 5.74) is 1.03. The van der Waals surface area contributed by atoms with Crippen LogP contribution >= 0.6 is 11.3 Å². The molecule has 22 heavy (non-hydrogen) atoms. The van der Waals surface area contributed by atoms with Gasteiger partial charge in [-0.2, -0.15) is 5.10 Å². The molecule has 0 saturated carbocycles. The fraction of sp³-hybridized carbons (Fsp3) is 0.214. The van der Waals surface area contributed by atoms with Gasteiger partial charge in [0.05, 0.1) is 18.7 Å². The molecule has 0 radical (unpaired) electrons. The lowest BCUT2D eigenvalue weighted by Crippen LogP contribution is -2.25. The molecule has 3 aromatic heterocycles. The van der Waals surface area contributed by atoms with Crippen LogP contribution in [-0.4, -0.2) is 24.7 Å². The van der Waals surface area contributed by atoms with Gasteiger partial charge in [-0.25, -0.2) is 13.1 Å². The molecule has 6 nitrogen and oxygen atoms in total. The molecule has 0 amide bonds. The van der Waals surface area contributed by atoms with E-state index in [1.165, 1.54) is 17.1 Å². The van der Waals surface area contributed by atoms with Gasteiger partial charge in [0, 0.05) is 35.1 Å². The zero-order valence-electron chi connectivity index (χ0n) is 11.9. The average molecular weight is 337 g/mol. The van der Waals surface area contributed by atoms with E-state index in [2.05, 4.69) is 9.82 Å². The third-order valence-electron chi connectivity index (χ3n) is 3.12. The first kappa shape index (κ1) is 15.0. The zero-order chi connectivity index (χ0) is 15.6. The topological polar surface area (TPSA) is 77.1 Å². The monoisotopic (exact) mass is 337 g/mol. The first-order valence-electron chi connectivity index (χ1n) is 6.64. The molecule has 0 aliphatic carbocycles. The highest BCUT2D eigenvalue weighted by Crippen LogP contribution is 2.28. The van der Waals surface area contributed by atoms with Crippen LogP contribution in [-0.2, 0) is 23.5 Å². The largest absolute Gasteiger partial charge is 0.472 e. The number of thiophene rings is 1. The number of aryl methyl sites for hydroxylation is 1. The van der Waals surface area contributed by atoms with Gasteiger partial charge < -0.3 is 4.42 Å². The van der Waals surface area contributed by atoms with Crippen molar-refractivity contribution in [2.75, 3.05) is 6.54 Å². The summed E-state index contributed by atoms with van der Waals surface area (Å²) < 4.78 is 33.2. The molecule has 8 heteroatoms. The Bertz CT molecular complexity index is 848. The number of hydrogen-bond donors (Lipinski definition) is 1. The highest BCUT2D eigenvalue weighted by molar-refractivity contribution is 7.89. The Morgan fingerprint density at radius 1 is 1.36 bits per heavy atom. The number of nitrogens with zero attached hydrogens (tertiary/aromatic N) is 2. The molecule has 0 aromatic carbocycles. The second-order valence-electron chi connectivity index (χ2n) is 4.78. The van der Waals surface area contributed by atoms with Crippen molar-refractivity contribution in [1.82, 2.24) is 14.5 Å². The first-order chi connectivity index (χ1) is 10.5. The van der Waals surface area contributed by atoms with Gasteiger partial charge >= 0.3 is 0 Å². The predicted octanol–water partition coefficient (Wildman–Crippen LogP) is 2.26. The fourth-order valence-electron chi connectivity index (χ4n) is 2.00. The Morgan fingerprint density at radius 3 is 2.91 bits per heavy atom. The molecule has 0 bridgehead atoms. The van der Waals surface area contributed by atoms with Gasteiger partial charge in [0.1, 0.15) is 4.90 Å². The molecule has 0 atom stereocenters. The minimum absolute atomic E-state index is 0.181. The highest BCUT2D eigenvalue weighted by Gasteiger charge is 2.15. The van der Waals surface area contributed by atoms with E-state index in [0.29, 0.717) is 13.0 Å². The van der Waals surface area contributed by atoms with Crippen molar-refractivity contribution < 1.29 is 12.8 Å². The molecular weight excluding hydrogens is 322 g/mol. The predicted molar refractivity (Wildman–Crippen MR) is 84.1 cm³/mol. The normalized spacial score (nSPS) is 11.9. The number of aromatic nitrogens is 2. The van der Waals surface area contributed by atoms with E-state index in [-0.39, 0.29) is 4.90 Å². The Morgan fingerprint density at radius 2 is 2.23 bits per heavy atom. The Balaban J connectivity index is 1.59. The zero-order valence-corrected chi connectivity index (χ0v) is 13.5. The maximum absolute atomic E-state index is 12.1. The summed E-state index contributed by atoms with van der Waals surface area (Å²) in [7, 11) is -1.81. The summed E-state index contributed by atoms with van der Waals surface area (Å²) in [4.78, 5) is 2.41. The van der Waals surface area contributed by atoms with Gasteiger partial charge in [-0.05, 0) is 24.6 Å². The second-order valence-corrected chi connectivity index (χ2v) is 7.71. The maximum Gasteiger partial charge on any atom is 0.243 e. The minimum atomic E-state index is -3.49. The average Bonchev–Trinajstić information content (AvgIpc) is 3.18. The molecule has 3 heterocycles. The van der Waals surface area contributed by atoms with Crippen molar-refractivity contribution in [3.05, 3.63) is 48.0 Å². The summed E-state index contributed by atoms with van der Waals surface area (Å²) in [5.74, 6) is 0. The fourth-order valence-corrected chi connectivity index (χ4v) is 4.01. The number of nitrogens with one attached hydrogen (secondary N) is 1. The van der Waals surface area contributed by atoms with Crippen LogP contribution < -0.4 is 4.72 Å². The number of sulfonamides is 1. The molecule has 0 spiro atoms. The van der Waals surface area contributed by atoms with Crippen molar-refractivity contribution in [2.24, 2.45) is 7.05 Å². The van der Waals surface area contributed by atoms with E-state index in [4.69, 9.17) is 4.42 Å².